The van der Waals surface area contributed by atoms with Crippen LogP contribution in [0.4, 0.5) is 13.2 Å². The van der Waals surface area contributed by atoms with Gasteiger partial charge in [-0.25, -0.2) is 0 Å². The Kier molecular flexibility index (Phi) is 2.55. The molecule has 0 saturated carbocycles. The third kappa shape index (κ3) is 1.86. The number of pyridine rings is 1. The lowest BCUT2D eigenvalue weighted by Gasteiger charge is -2.17. The van der Waals surface area contributed by atoms with E-state index in [4.69, 9.17) is 5.73 Å². The fourth-order valence-corrected chi connectivity index (χ4v) is 1.57. The van der Waals surface area contributed by atoms with Crippen molar-refractivity contribution in [2.24, 2.45) is 5.73 Å². The molecular formula is C11H9F3N2. The summed E-state index contributed by atoms with van der Waals surface area (Å²) < 4.78 is 37.6. The lowest BCUT2D eigenvalue weighted by Crippen LogP contribution is -2.28. The van der Waals surface area contributed by atoms with E-state index < -0.39 is 12.2 Å². The van der Waals surface area contributed by atoms with Crippen LogP contribution in [0.1, 0.15) is 11.6 Å². The molecule has 0 aliphatic heterocycles. The minimum absolute atomic E-state index is 0.0538. The molecule has 1 heterocycles. The van der Waals surface area contributed by atoms with Crippen molar-refractivity contribution in [2.75, 3.05) is 0 Å². The maximum absolute atomic E-state index is 12.5. The largest absolute Gasteiger partial charge is 0.407 e. The zero-order valence-corrected chi connectivity index (χ0v) is 8.20. The zero-order valence-electron chi connectivity index (χ0n) is 8.20. The van der Waals surface area contributed by atoms with E-state index in [0.717, 1.165) is 0 Å². The van der Waals surface area contributed by atoms with Crippen LogP contribution in [0.15, 0.2) is 36.5 Å². The fourth-order valence-electron chi connectivity index (χ4n) is 1.57. The molecule has 0 unspecified atom stereocenters. The number of benzene rings is 1. The molecule has 0 fully saturated rings. The molecule has 0 radical (unpaired) electrons. The maximum Gasteiger partial charge on any atom is 0.407 e. The first-order valence-electron chi connectivity index (χ1n) is 4.66. The third-order valence-electron chi connectivity index (χ3n) is 2.37. The van der Waals surface area contributed by atoms with Crippen molar-refractivity contribution in [1.82, 2.24) is 4.98 Å². The van der Waals surface area contributed by atoms with E-state index >= 15 is 0 Å². The van der Waals surface area contributed by atoms with E-state index in [1.165, 1.54) is 12.3 Å². The second-order valence-electron chi connectivity index (χ2n) is 3.44. The van der Waals surface area contributed by atoms with Crippen molar-refractivity contribution < 1.29 is 13.2 Å². The molecule has 84 valence electrons. The Hall–Kier alpha value is -1.62. The number of rotatable bonds is 1. The molecule has 0 aliphatic rings. The summed E-state index contributed by atoms with van der Waals surface area (Å²) in [6.07, 6.45) is -3.10. The van der Waals surface area contributed by atoms with Gasteiger partial charge in [-0.3, -0.25) is 4.98 Å². The van der Waals surface area contributed by atoms with Crippen LogP contribution in [0.2, 0.25) is 0 Å². The van der Waals surface area contributed by atoms with Gasteiger partial charge in [-0.15, -0.1) is 0 Å². The van der Waals surface area contributed by atoms with Gasteiger partial charge in [0.2, 0.25) is 0 Å². The normalized spacial score (nSPS) is 14.0. The third-order valence-corrected chi connectivity index (χ3v) is 2.37. The highest BCUT2D eigenvalue weighted by atomic mass is 19.4. The summed E-state index contributed by atoms with van der Waals surface area (Å²) in [5.41, 5.74) is 5.75. The van der Waals surface area contributed by atoms with Gasteiger partial charge in [0.1, 0.15) is 6.04 Å². The zero-order chi connectivity index (χ0) is 11.8. The SMILES string of the molecule is N[C@@H](c1ccnc2ccccc12)C(F)(F)F. The molecule has 0 aliphatic carbocycles. The molecule has 1 atom stereocenters. The van der Waals surface area contributed by atoms with E-state index in [2.05, 4.69) is 4.98 Å². The highest BCUT2D eigenvalue weighted by Gasteiger charge is 2.38. The molecule has 1 aromatic heterocycles. The van der Waals surface area contributed by atoms with Crippen LogP contribution in [-0.2, 0) is 0 Å². The van der Waals surface area contributed by atoms with E-state index in [1.54, 1.807) is 24.3 Å². The number of hydrogen-bond acceptors (Lipinski definition) is 2. The molecule has 0 amide bonds. The maximum atomic E-state index is 12.5. The molecule has 2 nitrogen and oxygen atoms in total. The van der Waals surface area contributed by atoms with Crippen LogP contribution in [0.25, 0.3) is 10.9 Å². The lowest BCUT2D eigenvalue weighted by molar-refractivity contribution is -0.148. The Morgan fingerprint density at radius 1 is 1.12 bits per heavy atom. The minimum atomic E-state index is -4.44. The molecule has 0 spiro atoms. The van der Waals surface area contributed by atoms with E-state index in [-0.39, 0.29) is 5.56 Å². The number of halogens is 3. The fraction of sp³-hybridized carbons (Fsp3) is 0.182. The molecule has 1 aromatic carbocycles. The Labute approximate surface area is 89.9 Å². The smallest absolute Gasteiger partial charge is 0.316 e. The van der Waals surface area contributed by atoms with Crippen molar-refractivity contribution in [3.8, 4) is 0 Å². The van der Waals surface area contributed by atoms with Crippen molar-refractivity contribution >= 4 is 10.9 Å². The number of nitrogens with two attached hydrogens (primary N) is 1. The Morgan fingerprint density at radius 3 is 2.50 bits per heavy atom. The highest BCUT2D eigenvalue weighted by molar-refractivity contribution is 5.82. The molecular weight excluding hydrogens is 217 g/mol. The van der Waals surface area contributed by atoms with Crippen LogP contribution in [0, 0.1) is 0 Å². The summed E-state index contributed by atoms with van der Waals surface area (Å²) in [4.78, 5) is 3.98. The first-order chi connectivity index (χ1) is 7.50. The van der Waals surface area contributed by atoms with E-state index in [1.807, 2.05) is 0 Å². The molecule has 2 rings (SSSR count). The molecule has 5 heteroatoms. The number of nitrogens with zero attached hydrogens (tertiary/aromatic N) is 1. The summed E-state index contributed by atoms with van der Waals surface area (Å²) >= 11 is 0. The quantitative estimate of drug-likeness (QED) is 0.812. The van der Waals surface area contributed by atoms with Gasteiger partial charge in [0, 0.05) is 11.6 Å². The average molecular weight is 226 g/mol. The highest BCUT2D eigenvalue weighted by Crippen LogP contribution is 2.33. The Balaban J connectivity index is 2.61. The number of fused-ring (bicyclic) bond motifs is 1. The van der Waals surface area contributed by atoms with Gasteiger partial charge in [-0.1, -0.05) is 18.2 Å². The van der Waals surface area contributed by atoms with Gasteiger partial charge >= 0.3 is 6.18 Å². The van der Waals surface area contributed by atoms with Gasteiger partial charge in [-0.2, -0.15) is 13.2 Å². The summed E-state index contributed by atoms with van der Waals surface area (Å²) in [6, 6.07) is 5.96. The van der Waals surface area contributed by atoms with Crippen molar-refractivity contribution in [3.63, 3.8) is 0 Å². The number of alkyl halides is 3. The van der Waals surface area contributed by atoms with E-state index in [0.29, 0.717) is 10.9 Å². The number of hydrogen-bond donors (Lipinski definition) is 1. The predicted octanol–water partition coefficient (Wildman–Crippen LogP) is 2.80. The summed E-state index contributed by atoms with van der Waals surface area (Å²) in [5.74, 6) is 0. The van der Waals surface area contributed by atoms with Crippen molar-refractivity contribution in [3.05, 3.63) is 42.1 Å². The Morgan fingerprint density at radius 2 is 1.81 bits per heavy atom. The summed E-state index contributed by atoms with van der Waals surface area (Å²) in [6.45, 7) is 0. The minimum Gasteiger partial charge on any atom is -0.316 e. The van der Waals surface area contributed by atoms with Gasteiger partial charge in [0.25, 0.3) is 0 Å². The van der Waals surface area contributed by atoms with Crippen LogP contribution in [0.5, 0.6) is 0 Å². The van der Waals surface area contributed by atoms with E-state index in [9.17, 15) is 13.2 Å². The van der Waals surface area contributed by atoms with Gasteiger partial charge in [-0.05, 0) is 17.7 Å². The summed E-state index contributed by atoms with van der Waals surface area (Å²) in [7, 11) is 0. The van der Waals surface area contributed by atoms with Crippen molar-refractivity contribution in [2.45, 2.75) is 12.2 Å². The lowest BCUT2D eigenvalue weighted by atomic mass is 10.0. The van der Waals surface area contributed by atoms with Gasteiger partial charge in [0.15, 0.2) is 0 Å². The van der Waals surface area contributed by atoms with Crippen LogP contribution >= 0.6 is 0 Å². The molecule has 2 aromatic rings. The Bertz CT molecular complexity index is 503. The second kappa shape index (κ2) is 3.75. The van der Waals surface area contributed by atoms with Gasteiger partial charge < -0.3 is 5.73 Å². The van der Waals surface area contributed by atoms with Crippen LogP contribution < -0.4 is 5.73 Å². The second-order valence-corrected chi connectivity index (χ2v) is 3.44. The number of aromatic nitrogens is 1. The number of para-hydroxylation sites is 1. The standard InChI is InChI=1S/C11H9F3N2/c12-11(13,14)10(15)8-5-6-16-9-4-2-1-3-7(8)9/h1-6,10H,15H2/t10-/m0/s1. The monoisotopic (exact) mass is 226 g/mol. The average Bonchev–Trinajstić information content (AvgIpc) is 2.26. The molecule has 16 heavy (non-hydrogen) atoms. The summed E-state index contributed by atoms with van der Waals surface area (Å²) in [5, 5.41) is 0.440. The first kappa shape index (κ1) is 10.9. The van der Waals surface area contributed by atoms with Gasteiger partial charge in [0.05, 0.1) is 5.52 Å². The van der Waals surface area contributed by atoms with Crippen LogP contribution in [0.3, 0.4) is 0 Å². The molecule has 2 N–H and O–H groups in total. The molecule has 0 saturated heterocycles. The van der Waals surface area contributed by atoms with Crippen LogP contribution in [-0.4, -0.2) is 11.2 Å². The molecule has 0 bridgehead atoms. The van der Waals surface area contributed by atoms with Crippen molar-refractivity contribution in [1.29, 1.82) is 0 Å². The predicted molar refractivity (Wildman–Crippen MR) is 54.7 cm³/mol. The topological polar surface area (TPSA) is 38.9 Å². The first-order valence-corrected chi connectivity index (χ1v) is 4.66.